The van der Waals surface area contributed by atoms with Crippen molar-refractivity contribution in [3.63, 3.8) is 0 Å². The molecule has 0 spiro atoms. The number of pyridine rings is 1. The third-order valence-corrected chi connectivity index (χ3v) is 4.00. The van der Waals surface area contributed by atoms with Gasteiger partial charge in [0.1, 0.15) is 0 Å². The van der Waals surface area contributed by atoms with Gasteiger partial charge in [-0.1, -0.05) is 44.9 Å². The summed E-state index contributed by atoms with van der Waals surface area (Å²) in [6.07, 6.45) is 2.58. The largest absolute Gasteiger partial charge is 0.387 e. The fourth-order valence-electron chi connectivity index (χ4n) is 2.60. The predicted octanol–water partition coefficient (Wildman–Crippen LogP) is 4.40. The molecule has 2 rings (SSSR count). The van der Waals surface area contributed by atoms with E-state index in [4.69, 9.17) is 0 Å². The number of benzene rings is 1. The van der Waals surface area contributed by atoms with Gasteiger partial charge in [0.25, 0.3) is 0 Å². The Kier molecular flexibility index (Phi) is 4.54. The molecule has 2 aromatic rings. The summed E-state index contributed by atoms with van der Waals surface area (Å²) in [5, 5.41) is 11.5. The molecule has 1 aromatic heterocycles. The van der Waals surface area contributed by atoms with Gasteiger partial charge in [-0.15, -0.1) is 0 Å². The molecule has 0 radical (unpaired) electrons. The first-order valence-electron chi connectivity index (χ1n) is 7.20. The summed E-state index contributed by atoms with van der Waals surface area (Å²) in [5.41, 5.74) is 2.97. The van der Waals surface area contributed by atoms with Crippen LogP contribution in [0.2, 0.25) is 0 Å². The van der Waals surface area contributed by atoms with Gasteiger partial charge in [-0.05, 0) is 37.0 Å². The highest BCUT2D eigenvalue weighted by Crippen LogP contribution is 2.27. The maximum Gasteiger partial charge on any atom is 0.0962 e. The second-order valence-electron chi connectivity index (χ2n) is 5.32. The first kappa shape index (κ1) is 14.0. The Morgan fingerprint density at radius 1 is 1.16 bits per heavy atom. The molecule has 0 aliphatic heterocycles. The fourth-order valence-corrected chi connectivity index (χ4v) is 2.60. The molecule has 0 fully saturated rings. The summed E-state index contributed by atoms with van der Waals surface area (Å²) in [5.74, 6) is 0.573. The fraction of sp³-hybridized carbons (Fsp3) is 0.471. The number of nitrogens with zero attached hydrogens (tertiary/aromatic N) is 1. The van der Waals surface area contributed by atoms with E-state index in [0.717, 1.165) is 30.5 Å². The van der Waals surface area contributed by atoms with Crippen LogP contribution in [0, 0.1) is 12.8 Å². The Morgan fingerprint density at radius 3 is 2.53 bits per heavy atom. The number of hydrogen-bond acceptors (Lipinski definition) is 2. The molecule has 2 nitrogen and oxygen atoms in total. The topological polar surface area (TPSA) is 33.1 Å². The van der Waals surface area contributed by atoms with E-state index in [1.54, 1.807) is 0 Å². The number of aliphatic hydroxyl groups excluding tert-OH is 1. The van der Waals surface area contributed by atoms with Crippen LogP contribution < -0.4 is 0 Å². The van der Waals surface area contributed by atoms with Crippen LogP contribution >= 0.6 is 0 Å². The molecule has 102 valence electrons. The van der Waals surface area contributed by atoms with E-state index in [2.05, 4.69) is 31.8 Å². The second-order valence-corrected chi connectivity index (χ2v) is 5.32. The maximum atomic E-state index is 10.4. The lowest BCUT2D eigenvalue weighted by molar-refractivity contribution is 0.137. The number of hydrogen-bond donors (Lipinski definition) is 1. The molecule has 1 unspecified atom stereocenters. The Hall–Kier alpha value is -1.41. The molecular formula is C17H23NO. The van der Waals surface area contributed by atoms with Crippen LogP contribution in [0.3, 0.4) is 0 Å². The van der Waals surface area contributed by atoms with Gasteiger partial charge in [-0.3, -0.25) is 4.98 Å². The van der Waals surface area contributed by atoms with E-state index in [0.29, 0.717) is 5.92 Å². The summed E-state index contributed by atoms with van der Waals surface area (Å²) < 4.78 is 0. The minimum atomic E-state index is -0.451. The van der Waals surface area contributed by atoms with Gasteiger partial charge >= 0.3 is 0 Å². The highest BCUT2D eigenvalue weighted by atomic mass is 16.3. The summed E-state index contributed by atoms with van der Waals surface area (Å²) in [4.78, 5) is 4.61. The average Bonchev–Trinajstić information content (AvgIpc) is 2.44. The molecule has 1 heterocycles. The van der Waals surface area contributed by atoms with Crippen molar-refractivity contribution < 1.29 is 5.11 Å². The number of rotatable bonds is 5. The van der Waals surface area contributed by atoms with Crippen LogP contribution in [-0.4, -0.2) is 10.1 Å². The monoisotopic (exact) mass is 257 g/mol. The van der Waals surface area contributed by atoms with Crippen molar-refractivity contribution >= 4 is 10.9 Å². The Bertz CT molecular complexity index is 546. The molecule has 0 bridgehead atoms. The molecule has 1 aromatic carbocycles. The number of fused-ring (bicyclic) bond motifs is 1. The molecule has 19 heavy (non-hydrogen) atoms. The maximum absolute atomic E-state index is 10.4. The van der Waals surface area contributed by atoms with Gasteiger partial charge in [0.2, 0.25) is 0 Å². The lowest BCUT2D eigenvalue weighted by Crippen LogP contribution is -2.08. The molecule has 0 amide bonds. The number of para-hydroxylation sites is 1. The SMILES string of the molecule is CCC(CC)CC(O)c1cc(C)c2ccccc2n1. The van der Waals surface area contributed by atoms with E-state index < -0.39 is 6.10 Å². The van der Waals surface area contributed by atoms with E-state index in [1.165, 1.54) is 10.9 Å². The third-order valence-electron chi connectivity index (χ3n) is 4.00. The smallest absolute Gasteiger partial charge is 0.0962 e. The van der Waals surface area contributed by atoms with Crippen LogP contribution in [0.1, 0.15) is 50.5 Å². The zero-order valence-corrected chi connectivity index (χ0v) is 12.1. The van der Waals surface area contributed by atoms with Crippen LogP contribution in [0.5, 0.6) is 0 Å². The molecule has 2 heteroatoms. The number of aryl methyl sites for hydroxylation is 1. The zero-order chi connectivity index (χ0) is 13.8. The number of aromatic nitrogens is 1. The van der Waals surface area contributed by atoms with Crippen LogP contribution in [0.4, 0.5) is 0 Å². The lowest BCUT2D eigenvalue weighted by Gasteiger charge is -2.18. The standard InChI is InChI=1S/C17H23NO/c1-4-13(5-2)11-17(19)16-10-12(3)14-8-6-7-9-15(14)18-16/h6-10,13,17,19H,4-5,11H2,1-3H3. The second kappa shape index (κ2) is 6.16. The van der Waals surface area contributed by atoms with Gasteiger partial charge < -0.3 is 5.11 Å². The first-order valence-corrected chi connectivity index (χ1v) is 7.20. The Labute approximate surface area is 115 Å². The van der Waals surface area contributed by atoms with Gasteiger partial charge in [-0.25, -0.2) is 0 Å². The van der Waals surface area contributed by atoms with Crippen molar-refractivity contribution in [2.75, 3.05) is 0 Å². The summed E-state index contributed by atoms with van der Waals surface area (Å²) >= 11 is 0. The lowest BCUT2D eigenvalue weighted by atomic mass is 9.94. The van der Waals surface area contributed by atoms with Crippen molar-refractivity contribution in [2.24, 2.45) is 5.92 Å². The van der Waals surface area contributed by atoms with Crippen molar-refractivity contribution in [3.05, 3.63) is 41.6 Å². The van der Waals surface area contributed by atoms with Gasteiger partial charge in [0.05, 0.1) is 17.3 Å². The first-order chi connectivity index (χ1) is 9.15. The van der Waals surface area contributed by atoms with Crippen LogP contribution in [0.15, 0.2) is 30.3 Å². The third kappa shape index (κ3) is 3.13. The van der Waals surface area contributed by atoms with Crippen LogP contribution in [0.25, 0.3) is 10.9 Å². The minimum Gasteiger partial charge on any atom is -0.387 e. The highest BCUT2D eigenvalue weighted by molar-refractivity contribution is 5.82. The zero-order valence-electron chi connectivity index (χ0n) is 12.1. The quantitative estimate of drug-likeness (QED) is 0.861. The number of aliphatic hydroxyl groups is 1. The molecule has 1 atom stereocenters. The molecule has 0 aliphatic rings. The van der Waals surface area contributed by atoms with Crippen molar-refractivity contribution in [1.82, 2.24) is 4.98 Å². The van der Waals surface area contributed by atoms with Gasteiger partial charge in [0.15, 0.2) is 0 Å². The van der Waals surface area contributed by atoms with Crippen molar-refractivity contribution in [1.29, 1.82) is 0 Å². The van der Waals surface area contributed by atoms with E-state index in [9.17, 15) is 5.11 Å². The predicted molar refractivity (Wildman–Crippen MR) is 80.1 cm³/mol. The van der Waals surface area contributed by atoms with E-state index in [-0.39, 0.29) is 0 Å². The van der Waals surface area contributed by atoms with Gasteiger partial charge in [-0.2, -0.15) is 0 Å². The van der Waals surface area contributed by atoms with Crippen molar-refractivity contribution in [3.8, 4) is 0 Å². The molecule has 1 N–H and O–H groups in total. The molecule has 0 saturated heterocycles. The Morgan fingerprint density at radius 2 is 1.84 bits per heavy atom. The minimum absolute atomic E-state index is 0.451. The van der Waals surface area contributed by atoms with E-state index in [1.807, 2.05) is 24.3 Å². The Balaban J connectivity index is 2.29. The van der Waals surface area contributed by atoms with E-state index >= 15 is 0 Å². The summed E-state index contributed by atoms with van der Waals surface area (Å²) in [6.45, 7) is 6.44. The average molecular weight is 257 g/mol. The summed E-state index contributed by atoms with van der Waals surface area (Å²) in [7, 11) is 0. The molecular weight excluding hydrogens is 234 g/mol. The van der Waals surface area contributed by atoms with Crippen LogP contribution in [-0.2, 0) is 0 Å². The summed E-state index contributed by atoms with van der Waals surface area (Å²) in [6, 6.07) is 10.1. The van der Waals surface area contributed by atoms with Gasteiger partial charge in [0, 0.05) is 5.39 Å². The normalized spacial score (nSPS) is 13.1. The molecule has 0 saturated carbocycles. The van der Waals surface area contributed by atoms with Crippen molar-refractivity contribution in [2.45, 2.75) is 46.1 Å². The molecule has 0 aliphatic carbocycles. The highest BCUT2D eigenvalue weighted by Gasteiger charge is 2.15.